The van der Waals surface area contributed by atoms with Crippen molar-refractivity contribution >= 4 is 17.1 Å². The summed E-state index contributed by atoms with van der Waals surface area (Å²) in [6, 6.07) is 3.65. The van der Waals surface area contributed by atoms with Crippen LogP contribution in [-0.4, -0.2) is 21.6 Å². The van der Waals surface area contributed by atoms with Crippen molar-refractivity contribution < 1.29 is 4.74 Å². The van der Waals surface area contributed by atoms with Crippen molar-refractivity contribution in [2.24, 2.45) is 0 Å². The zero-order valence-electron chi connectivity index (χ0n) is 8.90. The summed E-state index contributed by atoms with van der Waals surface area (Å²) in [6.45, 7) is 2.91. The summed E-state index contributed by atoms with van der Waals surface area (Å²) >= 11 is 0. The standard InChI is InChI=1S/C10H14N4O/c1-3-6-14-9-7(12-10(14)11)4-5-8(13-9)15-2/h4-5H,3,6H2,1-2H3,(H2,11,12). The van der Waals surface area contributed by atoms with Crippen molar-refractivity contribution in [2.45, 2.75) is 19.9 Å². The minimum Gasteiger partial charge on any atom is -0.481 e. The van der Waals surface area contributed by atoms with Gasteiger partial charge in [-0.1, -0.05) is 6.92 Å². The van der Waals surface area contributed by atoms with Gasteiger partial charge in [-0.3, -0.25) is 4.57 Å². The number of methoxy groups -OCH3 is 1. The van der Waals surface area contributed by atoms with Crippen LogP contribution in [0.2, 0.25) is 0 Å². The van der Waals surface area contributed by atoms with E-state index in [4.69, 9.17) is 10.5 Å². The summed E-state index contributed by atoms with van der Waals surface area (Å²) in [5.74, 6) is 1.09. The lowest BCUT2D eigenvalue weighted by Gasteiger charge is -2.03. The quantitative estimate of drug-likeness (QED) is 0.825. The Balaban J connectivity index is 2.61. The maximum Gasteiger partial charge on any atom is 0.215 e. The monoisotopic (exact) mass is 206 g/mol. The molecule has 0 spiro atoms. The largest absolute Gasteiger partial charge is 0.481 e. The van der Waals surface area contributed by atoms with Gasteiger partial charge in [0, 0.05) is 12.6 Å². The lowest BCUT2D eigenvalue weighted by atomic mass is 10.4. The minimum absolute atomic E-state index is 0.507. The lowest BCUT2D eigenvalue weighted by molar-refractivity contribution is 0.399. The molecule has 2 aromatic rings. The van der Waals surface area contributed by atoms with Crippen LogP contribution in [0, 0.1) is 0 Å². The number of anilines is 1. The van der Waals surface area contributed by atoms with Crippen LogP contribution < -0.4 is 10.5 Å². The topological polar surface area (TPSA) is 66.0 Å². The number of imidazole rings is 1. The van der Waals surface area contributed by atoms with E-state index in [1.165, 1.54) is 0 Å². The maximum absolute atomic E-state index is 5.80. The van der Waals surface area contributed by atoms with E-state index in [-0.39, 0.29) is 0 Å². The first-order chi connectivity index (χ1) is 7.26. The molecule has 0 aromatic carbocycles. The van der Waals surface area contributed by atoms with E-state index < -0.39 is 0 Å². The van der Waals surface area contributed by atoms with Crippen LogP contribution in [0.4, 0.5) is 5.95 Å². The smallest absolute Gasteiger partial charge is 0.215 e. The molecular weight excluding hydrogens is 192 g/mol. The van der Waals surface area contributed by atoms with E-state index in [0.29, 0.717) is 11.8 Å². The number of aryl methyl sites for hydroxylation is 1. The highest BCUT2D eigenvalue weighted by Crippen LogP contribution is 2.19. The van der Waals surface area contributed by atoms with Crippen molar-refractivity contribution in [1.29, 1.82) is 0 Å². The lowest BCUT2D eigenvalue weighted by Crippen LogP contribution is -2.03. The second-order valence-corrected chi connectivity index (χ2v) is 3.32. The number of rotatable bonds is 3. The third-order valence-corrected chi connectivity index (χ3v) is 2.25. The molecule has 0 atom stereocenters. The van der Waals surface area contributed by atoms with E-state index in [0.717, 1.165) is 24.1 Å². The average Bonchev–Trinajstić information content (AvgIpc) is 2.55. The Morgan fingerprint density at radius 3 is 2.87 bits per heavy atom. The minimum atomic E-state index is 0.507. The molecule has 0 fully saturated rings. The second kappa shape index (κ2) is 3.76. The molecule has 0 bridgehead atoms. The highest BCUT2D eigenvalue weighted by Gasteiger charge is 2.09. The van der Waals surface area contributed by atoms with E-state index in [1.807, 2.05) is 10.6 Å². The molecule has 0 aliphatic heterocycles. The summed E-state index contributed by atoms with van der Waals surface area (Å²) in [5, 5.41) is 0. The Morgan fingerprint density at radius 1 is 1.40 bits per heavy atom. The molecule has 2 rings (SSSR count). The van der Waals surface area contributed by atoms with Gasteiger partial charge in [-0.05, 0) is 12.5 Å². The first-order valence-electron chi connectivity index (χ1n) is 4.93. The highest BCUT2D eigenvalue weighted by atomic mass is 16.5. The number of hydrogen-bond acceptors (Lipinski definition) is 4. The van der Waals surface area contributed by atoms with Crippen LogP contribution in [0.3, 0.4) is 0 Å². The molecule has 0 saturated heterocycles. The molecule has 0 radical (unpaired) electrons. The van der Waals surface area contributed by atoms with E-state index in [9.17, 15) is 0 Å². The van der Waals surface area contributed by atoms with Crippen molar-refractivity contribution in [3.8, 4) is 5.88 Å². The van der Waals surface area contributed by atoms with Gasteiger partial charge in [0.15, 0.2) is 5.65 Å². The molecule has 2 aromatic heterocycles. The molecule has 80 valence electrons. The van der Waals surface area contributed by atoms with E-state index >= 15 is 0 Å². The summed E-state index contributed by atoms with van der Waals surface area (Å²) in [7, 11) is 1.60. The molecule has 5 heteroatoms. The number of nitrogens with two attached hydrogens (primary N) is 1. The SMILES string of the molecule is CCCn1c(N)nc2ccc(OC)nc21. The highest BCUT2D eigenvalue weighted by molar-refractivity contribution is 5.74. The predicted molar refractivity (Wildman–Crippen MR) is 58.8 cm³/mol. The molecule has 2 heterocycles. The van der Waals surface area contributed by atoms with Gasteiger partial charge in [-0.25, -0.2) is 4.98 Å². The van der Waals surface area contributed by atoms with Gasteiger partial charge in [0.25, 0.3) is 0 Å². The van der Waals surface area contributed by atoms with Gasteiger partial charge < -0.3 is 10.5 Å². The molecule has 0 saturated carbocycles. The third kappa shape index (κ3) is 1.60. The summed E-state index contributed by atoms with van der Waals surface area (Å²) in [5.41, 5.74) is 7.39. The van der Waals surface area contributed by atoms with Gasteiger partial charge >= 0.3 is 0 Å². The van der Waals surface area contributed by atoms with Crippen LogP contribution in [-0.2, 0) is 6.54 Å². The van der Waals surface area contributed by atoms with Crippen LogP contribution in [0.15, 0.2) is 12.1 Å². The second-order valence-electron chi connectivity index (χ2n) is 3.32. The third-order valence-electron chi connectivity index (χ3n) is 2.25. The Morgan fingerprint density at radius 2 is 2.20 bits per heavy atom. The molecule has 5 nitrogen and oxygen atoms in total. The molecule has 2 N–H and O–H groups in total. The maximum atomic E-state index is 5.80. The molecule has 0 aliphatic carbocycles. The van der Waals surface area contributed by atoms with Gasteiger partial charge in [-0.15, -0.1) is 0 Å². The number of hydrogen-bond donors (Lipinski definition) is 1. The summed E-state index contributed by atoms with van der Waals surface area (Å²) < 4.78 is 6.97. The number of fused-ring (bicyclic) bond motifs is 1. The van der Waals surface area contributed by atoms with Crippen molar-refractivity contribution in [3.63, 3.8) is 0 Å². The first-order valence-corrected chi connectivity index (χ1v) is 4.93. The number of aromatic nitrogens is 3. The van der Waals surface area contributed by atoms with E-state index in [2.05, 4.69) is 16.9 Å². The summed E-state index contributed by atoms with van der Waals surface area (Å²) in [6.07, 6.45) is 0.995. The van der Waals surface area contributed by atoms with E-state index in [1.54, 1.807) is 13.2 Å². The molecule has 0 amide bonds. The fraction of sp³-hybridized carbons (Fsp3) is 0.400. The van der Waals surface area contributed by atoms with Crippen molar-refractivity contribution in [1.82, 2.24) is 14.5 Å². The van der Waals surface area contributed by atoms with Gasteiger partial charge in [-0.2, -0.15) is 4.98 Å². The summed E-state index contributed by atoms with van der Waals surface area (Å²) in [4.78, 5) is 8.56. The fourth-order valence-corrected chi connectivity index (χ4v) is 1.56. The molecule has 15 heavy (non-hydrogen) atoms. The van der Waals surface area contributed by atoms with Crippen molar-refractivity contribution in [3.05, 3.63) is 12.1 Å². The van der Waals surface area contributed by atoms with Crippen LogP contribution in [0.1, 0.15) is 13.3 Å². The van der Waals surface area contributed by atoms with Gasteiger partial charge in [0.05, 0.1) is 7.11 Å². The number of nitrogens with zero attached hydrogens (tertiary/aromatic N) is 3. The normalized spacial score (nSPS) is 10.8. The zero-order chi connectivity index (χ0) is 10.8. The van der Waals surface area contributed by atoms with Crippen LogP contribution in [0.5, 0.6) is 5.88 Å². The van der Waals surface area contributed by atoms with Gasteiger partial charge in [0.1, 0.15) is 5.52 Å². The Labute approximate surface area is 87.9 Å². The number of ether oxygens (including phenoxy) is 1. The predicted octanol–water partition coefficient (Wildman–Crippen LogP) is 1.43. The van der Waals surface area contributed by atoms with Gasteiger partial charge in [0.2, 0.25) is 11.8 Å². The van der Waals surface area contributed by atoms with Crippen LogP contribution in [0.25, 0.3) is 11.2 Å². The van der Waals surface area contributed by atoms with Crippen LogP contribution >= 0.6 is 0 Å². The zero-order valence-corrected chi connectivity index (χ0v) is 8.90. The Bertz CT molecular complexity index is 477. The molecule has 0 unspecified atom stereocenters. The number of nitrogen functional groups attached to an aromatic ring is 1. The fourth-order valence-electron chi connectivity index (χ4n) is 1.56. The molecular formula is C10H14N4O. The Kier molecular flexibility index (Phi) is 2.45. The molecule has 0 aliphatic rings. The number of pyridine rings is 1. The average molecular weight is 206 g/mol. The van der Waals surface area contributed by atoms with Crippen molar-refractivity contribution in [2.75, 3.05) is 12.8 Å². The Hall–Kier alpha value is -1.78. The first kappa shape index (κ1) is 9.76.